The van der Waals surface area contributed by atoms with Crippen molar-refractivity contribution < 1.29 is 4.74 Å². The molecule has 0 amide bonds. The van der Waals surface area contributed by atoms with E-state index in [1.807, 2.05) is 31.2 Å². The first-order valence-corrected chi connectivity index (χ1v) is 6.18. The standard InChI is InChI=1S/C14H15N3OS/c1-9-7-11(18-2)3-4-12(9)17-13-8-10(14(15)19)5-6-16-13/h3-8H,1-2H3,(H2,15,19)(H,16,17). The number of aryl methyl sites for hydroxylation is 1. The van der Waals surface area contributed by atoms with Crippen LogP contribution in [0.25, 0.3) is 0 Å². The summed E-state index contributed by atoms with van der Waals surface area (Å²) in [4.78, 5) is 4.60. The average Bonchev–Trinajstić information content (AvgIpc) is 2.41. The molecule has 0 radical (unpaired) electrons. The normalized spacial score (nSPS) is 10.0. The van der Waals surface area contributed by atoms with E-state index in [0.717, 1.165) is 22.6 Å². The second kappa shape index (κ2) is 5.67. The van der Waals surface area contributed by atoms with Gasteiger partial charge in [0.05, 0.1) is 7.11 Å². The molecule has 0 saturated heterocycles. The SMILES string of the molecule is COc1ccc(Nc2cc(C(N)=S)ccn2)c(C)c1. The van der Waals surface area contributed by atoms with E-state index in [1.165, 1.54) is 0 Å². The highest BCUT2D eigenvalue weighted by Gasteiger charge is 2.03. The summed E-state index contributed by atoms with van der Waals surface area (Å²) in [5.74, 6) is 1.53. The molecule has 2 aromatic rings. The van der Waals surface area contributed by atoms with Crippen LogP contribution in [0, 0.1) is 6.92 Å². The third-order valence-corrected chi connectivity index (χ3v) is 2.98. The summed E-state index contributed by atoms with van der Waals surface area (Å²) in [7, 11) is 1.65. The molecule has 3 N–H and O–H groups in total. The number of ether oxygens (including phenoxy) is 1. The maximum atomic E-state index is 5.60. The van der Waals surface area contributed by atoms with E-state index in [0.29, 0.717) is 10.8 Å². The summed E-state index contributed by atoms with van der Waals surface area (Å²) >= 11 is 4.95. The molecule has 0 spiro atoms. The summed E-state index contributed by atoms with van der Waals surface area (Å²) in [5.41, 5.74) is 8.43. The van der Waals surface area contributed by atoms with Crippen LogP contribution in [0.3, 0.4) is 0 Å². The fraction of sp³-hybridized carbons (Fsp3) is 0.143. The monoisotopic (exact) mass is 273 g/mol. The van der Waals surface area contributed by atoms with Gasteiger partial charge in [-0.15, -0.1) is 0 Å². The van der Waals surface area contributed by atoms with Crippen LogP contribution >= 0.6 is 12.2 Å². The van der Waals surface area contributed by atoms with Gasteiger partial charge in [-0.2, -0.15) is 0 Å². The summed E-state index contributed by atoms with van der Waals surface area (Å²) in [6.45, 7) is 2.00. The molecule has 0 aliphatic heterocycles. The first-order valence-electron chi connectivity index (χ1n) is 5.77. The summed E-state index contributed by atoms with van der Waals surface area (Å²) in [6.07, 6.45) is 1.68. The highest BCUT2D eigenvalue weighted by Crippen LogP contribution is 2.23. The number of aromatic nitrogens is 1. The molecule has 0 bridgehead atoms. The van der Waals surface area contributed by atoms with Gasteiger partial charge < -0.3 is 15.8 Å². The molecule has 19 heavy (non-hydrogen) atoms. The van der Waals surface area contributed by atoms with Gasteiger partial charge in [0.15, 0.2) is 0 Å². The van der Waals surface area contributed by atoms with Crippen LogP contribution in [0.2, 0.25) is 0 Å². The van der Waals surface area contributed by atoms with Gasteiger partial charge in [0, 0.05) is 17.4 Å². The fourth-order valence-electron chi connectivity index (χ4n) is 1.69. The van der Waals surface area contributed by atoms with Gasteiger partial charge in [0.25, 0.3) is 0 Å². The van der Waals surface area contributed by atoms with Gasteiger partial charge in [0.1, 0.15) is 16.6 Å². The number of thiocarbonyl (C=S) groups is 1. The Morgan fingerprint density at radius 1 is 1.32 bits per heavy atom. The van der Waals surface area contributed by atoms with Crippen molar-refractivity contribution in [1.29, 1.82) is 0 Å². The van der Waals surface area contributed by atoms with Crippen molar-refractivity contribution in [1.82, 2.24) is 4.98 Å². The van der Waals surface area contributed by atoms with Gasteiger partial charge in [-0.25, -0.2) is 4.98 Å². The van der Waals surface area contributed by atoms with Gasteiger partial charge in [-0.1, -0.05) is 12.2 Å². The van der Waals surface area contributed by atoms with Crippen LogP contribution in [0.15, 0.2) is 36.5 Å². The van der Waals surface area contributed by atoms with Crippen molar-refractivity contribution in [2.75, 3.05) is 12.4 Å². The Morgan fingerprint density at radius 3 is 2.74 bits per heavy atom. The zero-order chi connectivity index (χ0) is 13.8. The number of nitrogens with two attached hydrogens (primary N) is 1. The second-order valence-corrected chi connectivity index (χ2v) is 4.54. The molecule has 0 unspecified atom stereocenters. The lowest BCUT2D eigenvalue weighted by atomic mass is 10.2. The summed E-state index contributed by atoms with van der Waals surface area (Å²) in [5, 5.41) is 3.24. The highest BCUT2D eigenvalue weighted by atomic mass is 32.1. The Balaban J connectivity index is 2.26. The molecule has 1 aromatic carbocycles. The predicted molar refractivity (Wildman–Crippen MR) is 81.1 cm³/mol. The van der Waals surface area contributed by atoms with Crippen LogP contribution in [0.1, 0.15) is 11.1 Å². The number of nitrogens with one attached hydrogen (secondary N) is 1. The first-order chi connectivity index (χ1) is 9.10. The summed E-state index contributed by atoms with van der Waals surface area (Å²) in [6, 6.07) is 9.41. The number of hydrogen-bond donors (Lipinski definition) is 2. The van der Waals surface area contributed by atoms with Crippen molar-refractivity contribution in [3.05, 3.63) is 47.7 Å². The Bertz CT molecular complexity index is 613. The van der Waals surface area contributed by atoms with Gasteiger partial charge in [0.2, 0.25) is 0 Å². The molecule has 0 fully saturated rings. The molecule has 4 nitrogen and oxygen atoms in total. The minimum atomic E-state index is 0.358. The molecular weight excluding hydrogens is 258 g/mol. The molecule has 0 aliphatic rings. The van der Waals surface area contributed by atoms with Crippen molar-refractivity contribution in [3.8, 4) is 5.75 Å². The quantitative estimate of drug-likeness (QED) is 0.839. The lowest BCUT2D eigenvalue weighted by Gasteiger charge is -2.11. The van der Waals surface area contributed by atoms with Crippen molar-refractivity contribution in [2.24, 2.45) is 5.73 Å². The second-order valence-electron chi connectivity index (χ2n) is 4.10. The Hall–Kier alpha value is -2.14. The van der Waals surface area contributed by atoms with Crippen LogP contribution in [-0.2, 0) is 0 Å². The number of anilines is 2. The minimum absolute atomic E-state index is 0.358. The Labute approximate surface area is 117 Å². The largest absolute Gasteiger partial charge is 0.497 e. The smallest absolute Gasteiger partial charge is 0.130 e. The molecule has 1 aromatic heterocycles. The number of hydrogen-bond acceptors (Lipinski definition) is 4. The van der Waals surface area contributed by atoms with E-state index in [4.69, 9.17) is 22.7 Å². The molecular formula is C14H15N3OS. The van der Waals surface area contributed by atoms with Gasteiger partial charge in [-0.05, 0) is 42.8 Å². The maximum absolute atomic E-state index is 5.60. The maximum Gasteiger partial charge on any atom is 0.130 e. The zero-order valence-corrected chi connectivity index (χ0v) is 11.6. The van der Waals surface area contributed by atoms with Crippen molar-refractivity contribution >= 4 is 28.7 Å². The Morgan fingerprint density at radius 2 is 2.11 bits per heavy atom. The number of pyridine rings is 1. The average molecular weight is 273 g/mol. The van der Waals surface area contributed by atoms with Crippen LogP contribution in [0.4, 0.5) is 11.5 Å². The molecule has 98 valence electrons. The number of benzene rings is 1. The number of rotatable bonds is 4. The van der Waals surface area contributed by atoms with Gasteiger partial charge >= 0.3 is 0 Å². The lowest BCUT2D eigenvalue weighted by molar-refractivity contribution is 0.414. The predicted octanol–water partition coefficient (Wildman–Crippen LogP) is 2.78. The molecule has 0 saturated carbocycles. The van der Waals surface area contributed by atoms with Gasteiger partial charge in [-0.3, -0.25) is 0 Å². The molecule has 2 rings (SSSR count). The Kier molecular flexibility index (Phi) is 3.97. The first kappa shape index (κ1) is 13.3. The van der Waals surface area contributed by atoms with E-state index < -0.39 is 0 Å². The van der Waals surface area contributed by atoms with Crippen LogP contribution in [-0.4, -0.2) is 17.1 Å². The van der Waals surface area contributed by atoms with Crippen LogP contribution in [0.5, 0.6) is 5.75 Å². The third kappa shape index (κ3) is 3.20. The fourth-order valence-corrected chi connectivity index (χ4v) is 1.82. The lowest BCUT2D eigenvalue weighted by Crippen LogP contribution is -2.10. The van der Waals surface area contributed by atoms with E-state index in [2.05, 4.69) is 10.3 Å². The molecule has 0 atom stereocenters. The molecule has 0 aliphatic carbocycles. The zero-order valence-electron chi connectivity index (χ0n) is 10.8. The summed E-state index contributed by atoms with van der Waals surface area (Å²) < 4.78 is 5.17. The van der Waals surface area contributed by atoms with Crippen LogP contribution < -0.4 is 15.8 Å². The number of methoxy groups -OCH3 is 1. The highest BCUT2D eigenvalue weighted by molar-refractivity contribution is 7.80. The molecule has 1 heterocycles. The third-order valence-electron chi connectivity index (χ3n) is 2.74. The van der Waals surface area contributed by atoms with E-state index in [1.54, 1.807) is 19.4 Å². The minimum Gasteiger partial charge on any atom is -0.497 e. The topological polar surface area (TPSA) is 60.2 Å². The van der Waals surface area contributed by atoms with E-state index >= 15 is 0 Å². The van der Waals surface area contributed by atoms with Crippen molar-refractivity contribution in [2.45, 2.75) is 6.92 Å². The van der Waals surface area contributed by atoms with E-state index in [-0.39, 0.29) is 0 Å². The van der Waals surface area contributed by atoms with Crippen molar-refractivity contribution in [3.63, 3.8) is 0 Å². The van der Waals surface area contributed by atoms with E-state index in [9.17, 15) is 0 Å². The number of nitrogens with zero attached hydrogens (tertiary/aromatic N) is 1. The molecule has 5 heteroatoms.